The first-order valence-electron chi connectivity index (χ1n) is 6.24. The third-order valence-corrected chi connectivity index (χ3v) is 4.37. The van der Waals surface area contributed by atoms with Gasteiger partial charge in [-0.15, -0.1) is 0 Å². The van der Waals surface area contributed by atoms with Crippen LogP contribution in [-0.2, 0) is 0 Å². The Labute approximate surface area is 115 Å². The highest BCUT2D eigenvalue weighted by Crippen LogP contribution is 2.25. The molecule has 0 saturated carbocycles. The van der Waals surface area contributed by atoms with Crippen molar-refractivity contribution in [2.24, 2.45) is 5.92 Å². The first-order chi connectivity index (χ1) is 8.50. The maximum Gasteiger partial charge on any atom is 0.257 e. The third kappa shape index (κ3) is 2.58. The standard InChI is InChI=1S/C14H17BrFNO/c1-9-4-3-7-17(8-9)14(18)13-10(2)11(15)5-6-12(13)16/h5-6,9H,3-4,7-8H2,1-2H3. The Morgan fingerprint density at radius 3 is 2.89 bits per heavy atom. The molecule has 1 aliphatic heterocycles. The van der Waals surface area contributed by atoms with Crippen molar-refractivity contribution in [3.8, 4) is 0 Å². The molecule has 18 heavy (non-hydrogen) atoms. The molecule has 1 fully saturated rings. The second-order valence-corrected chi connectivity index (χ2v) is 5.88. The molecule has 1 amide bonds. The second-order valence-electron chi connectivity index (χ2n) is 5.03. The predicted octanol–water partition coefficient (Wildman–Crippen LogP) is 3.77. The molecule has 0 aromatic heterocycles. The van der Waals surface area contributed by atoms with E-state index in [-0.39, 0.29) is 11.5 Å². The van der Waals surface area contributed by atoms with Gasteiger partial charge in [0, 0.05) is 17.6 Å². The van der Waals surface area contributed by atoms with Crippen molar-refractivity contribution < 1.29 is 9.18 Å². The molecule has 4 heteroatoms. The fourth-order valence-corrected chi connectivity index (χ4v) is 2.78. The molecule has 1 unspecified atom stereocenters. The topological polar surface area (TPSA) is 20.3 Å². The van der Waals surface area contributed by atoms with E-state index in [0.29, 0.717) is 11.5 Å². The number of hydrogen-bond donors (Lipinski definition) is 0. The second kappa shape index (κ2) is 5.39. The highest BCUT2D eigenvalue weighted by atomic mass is 79.9. The minimum Gasteiger partial charge on any atom is -0.338 e. The van der Waals surface area contributed by atoms with E-state index < -0.39 is 5.82 Å². The van der Waals surface area contributed by atoms with Crippen LogP contribution < -0.4 is 0 Å². The quantitative estimate of drug-likeness (QED) is 0.773. The Balaban J connectivity index is 2.31. The molecule has 1 aliphatic rings. The monoisotopic (exact) mass is 313 g/mol. The average Bonchev–Trinajstić information content (AvgIpc) is 2.34. The van der Waals surface area contributed by atoms with Crippen LogP contribution in [0.1, 0.15) is 35.7 Å². The summed E-state index contributed by atoms with van der Waals surface area (Å²) in [6, 6.07) is 2.98. The first kappa shape index (κ1) is 13.5. The van der Waals surface area contributed by atoms with Crippen molar-refractivity contribution in [3.05, 3.63) is 33.5 Å². The van der Waals surface area contributed by atoms with Crippen LogP contribution in [0.3, 0.4) is 0 Å². The molecular formula is C14H17BrFNO. The molecule has 0 spiro atoms. The maximum atomic E-state index is 13.9. The summed E-state index contributed by atoms with van der Waals surface area (Å²) in [7, 11) is 0. The number of piperidine rings is 1. The lowest BCUT2D eigenvalue weighted by atomic mass is 9.98. The molecule has 0 bridgehead atoms. The molecule has 1 saturated heterocycles. The Morgan fingerprint density at radius 1 is 1.50 bits per heavy atom. The van der Waals surface area contributed by atoms with E-state index in [1.165, 1.54) is 6.07 Å². The van der Waals surface area contributed by atoms with Gasteiger partial charge in [-0.25, -0.2) is 4.39 Å². The van der Waals surface area contributed by atoms with Crippen molar-refractivity contribution >= 4 is 21.8 Å². The van der Waals surface area contributed by atoms with Gasteiger partial charge in [-0.05, 0) is 43.4 Å². The van der Waals surface area contributed by atoms with Crippen molar-refractivity contribution in [1.29, 1.82) is 0 Å². The number of amides is 1. The van der Waals surface area contributed by atoms with Gasteiger partial charge in [-0.2, -0.15) is 0 Å². The van der Waals surface area contributed by atoms with E-state index in [2.05, 4.69) is 22.9 Å². The number of rotatable bonds is 1. The molecule has 1 aromatic carbocycles. The number of nitrogens with zero attached hydrogens (tertiary/aromatic N) is 1. The maximum absolute atomic E-state index is 13.9. The SMILES string of the molecule is Cc1c(Br)ccc(F)c1C(=O)N1CCCC(C)C1. The number of carbonyl (C=O) groups is 1. The van der Waals surface area contributed by atoms with Crippen molar-refractivity contribution in [3.63, 3.8) is 0 Å². The fourth-order valence-electron chi connectivity index (χ4n) is 2.45. The number of hydrogen-bond acceptors (Lipinski definition) is 1. The van der Waals surface area contributed by atoms with Gasteiger partial charge in [0.05, 0.1) is 5.56 Å². The van der Waals surface area contributed by atoms with E-state index in [1.54, 1.807) is 17.9 Å². The molecular weight excluding hydrogens is 297 g/mol. The van der Waals surface area contributed by atoms with Crippen LogP contribution in [0.4, 0.5) is 4.39 Å². The summed E-state index contributed by atoms with van der Waals surface area (Å²) in [6.45, 7) is 5.36. The van der Waals surface area contributed by atoms with Gasteiger partial charge in [-0.1, -0.05) is 22.9 Å². The van der Waals surface area contributed by atoms with Crippen LogP contribution in [0.2, 0.25) is 0 Å². The molecule has 1 aromatic rings. The van der Waals surface area contributed by atoms with Crippen LogP contribution in [0.15, 0.2) is 16.6 Å². The smallest absolute Gasteiger partial charge is 0.257 e. The lowest BCUT2D eigenvalue weighted by Crippen LogP contribution is -2.39. The third-order valence-electron chi connectivity index (χ3n) is 3.51. The van der Waals surface area contributed by atoms with Crippen LogP contribution in [-0.4, -0.2) is 23.9 Å². The van der Waals surface area contributed by atoms with E-state index in [4.69, 9.17) is 0 Å². The number of benzene rings is 1. The first-order valence-corrected chi connectivity index (χ1v) is 7.04. The molecule has 1 atom stereocenters. The van der Waals surface area contributed by atoms with Crippen LogP contribution in [0.5, 0.6) is 0 Å². The lowest BCUT2D eigenvalue weighted by molar-refractivity contribution is 0.0677. The average molecular weight is 314 g/mol. The molecule has 0 aliphatic carbocycles. The van der Waals surface area contributed by atoms with Gasteiger partial charge in [0.2, 0.25) is 0 Å². The zero-order valence-electron chi connectivity index (χ0n) is 10.7. The molecule has 2 rings (SSSR count). The number of halogens is 2. The zero-order valence-corrected chi connectivity index (χ0v) is 12.3. The minimum absolute atomic E-state index is 0.183. The van der Waals surface area contributed by atoms with Gasteiger partial charge >= 0.3 is 0 Å². The van der Waals surface area contributed by atoms with Crippen molar-refractivity contribution in [1.82, 2.24) is 4.90 Å². The van der Waals surface area contributed by atoms with Crippen molar-refractivity contribution in [2.75, 3.05) is 13.1 Å². The van der Waals surface area contributed by atoms with Gasteiger partial charge in [0.1, 0.15) is 5.82 Å². The van der Waals surface area contributed by atoms with Crippen molar-refractivity contribution in [2.45, 2.75) is 26.7 Å². The highest BCUT2D eigenvalue weighted by Gasteiger charge is 2.25. The Bertz CT molecular complexity index is 475. The summed E-state index contributed by atoms with van der Waals surface area (Å²) < 4.78 is 14.6. The molecule has 1 heterocycles. The molecule has 0 radical (unpaired) electrons. The van der Waals surface area contributed by atoms with Crippen LogP contribution in [0, 0.1) is 18.7 Å². The predicted molar refractivity (Wildman–Crippen MR) is 73.1 cm³/mol. The van der Waals surface area contributed by atoms with Gasteiger partial charge in [-0.3, -0.25) is 4.79 Å². The van der Waals surface area contributed by atoms with Crippen LogP contribution >= 0.6 is 15.9 Å². The number of carbonyl (C=O) groups excluding carboxylic acids is 1. The molecule has 2 nitrogen and oxygen atoms in total. The minimum atomic E-state index is -0.432. The van der Waals surface area contributed by atoms with Crippen LogP contribution in [0.25, 0.3) is 0 Å². The van der Waals surface area contributed by atoms with E-state index in [9.17, 15) is 9.18 Å². The normalized spacial score (nSPS) is 20.0. The van der Waals surface area contributed by atoms with E-state index >= 15 is 0 Å². The lowest BCUT2D eigenvalue weighted by Gasteiger charge is -2.31. The largest absolute Gasteiger partial charge is 0.338 e. The summed E-state index contributed by atoms with van der Waals surface area (Å²) in [5, 5.41) is 0. The Morgan fingerprint density at radius 2 is 2.22 bits per heavy atom. The zero-order chi connectivity index (χ0) is 13.3. The number of likely N-dealkylation sites (tertiary alicyclic amines) is 1. The summed E-state index contributed by atoms with van der Waals surface area (Å²) in [5.41, 5.74) is 0.886. The molecule has 0 N–H and O–H groups in total. The fraction of sp³-hybridized carbons (Fsp3) is 0.500. The highest BCUT2D eigenvalue weighted by molar-refractivity contribution is 9.10. The van der Waals surface area contributed by atoms with Gasteiger partial charge in [0.15, 0.2) is 0 Å². The Kier molecular flexibility index (Phi) is 4.05. The summed E-state index contributed by atoms with van der Waals surface area (Å²) in [5.74, 6) is -0.116. The van der Waals surface area contributed by atoms with Gasteiger partial charge < -0.3 is 4.90 Å². The molecule has 98 valence electrons. The Hall–Kier alpha value is -0.900. The van der Waals surface area contributed by atoms with E-state index in [0.717, 1.165) is 30.4 Å². The van der Waals surface area contributed by atoms with Gasteiger partial charge in [0.25, 0.3) is 5.91 Å². The summed E-state index contributed by atoms with van der Waals surface area (Å²) >= 11 is 3.35. The summed E-state index contributed by atoms with van der Waals surface area (Å²) in [4.78, 5) is 14.2. The summed E-state index contributed by atoms with van der Waals surface area (Å²) in [6.07, 6.45) is 2.14. The van der Waals surface area contributed by atoms with E-state index in [1.807, 2.05) is 0 Å².